The lowest BCUT2D eigenvalue weighted by Crippen LogP contribution is -2.12. The van der Waals surface area contributed by atoms with E-state index in [1.165, 1.54) is 18.2 Å². The van der Waals surface area contributed by atoms with Crippen LogP contribution in [0, 0.1) is 0 Å². The van der Waals surface area contributed by atoms with Crippen molar-refractivity contribution in [3.05, 3.63) is 90.5 Å². The van der Waals surface area contributed by atoms with E-state index in [1.807, 2.05) is 42.5 Å². The van der Waals surface area contributed by atoms with Gasteiger partial charge in [-0.2, -0.15) is 0 Å². The van der Waals surface area contributed by atoms with Gasteiger partial charge in [-0.15, -0.1) is 0 Å². The summed E-state index contributed by atoms with van der Waals surface area (Å²) >= 11 is 0. The molecule has 0 saturated carbocycles. The Hall–Kier alpha value is -3.38. The van der Waals surface area contributed by atoms with Crippen LogP contribution in [-0.2, 0) is 14.8 Å². The first-order chi connectivity index (χ1) is 12.9. The molecule has 0 bridgehead atoms. The fourth-order valence-corrected chi connectivity index (χ4v) is 3.64. The summed E-state index contributed by atoms with van der Waals surface area (Å²) in [6.07, 6.45) is 2.30. The third kappa shape index (κ3) is 4.83. The van der Waals surface area contributed by atoms with Crippen LogP contribution in [0.5, 0.6) is 0 Å². The predicted molar refractivity (Wildman–Crippen MR) is 106 cm³/mol. The van der Waals surface area contributed by atoms with Crippen molar-refractivity contribution in [3.8, 4) is 11.1 Å². The lowest BCUT2D eigenvalue weighted by Gasteiger charge is -2.10. The minimum Gasteiger partial charge on any atom is -0.478 e. The predicted octanol–water partition coefficient (Wildman–Crippen LogP) is 4.25. The molecule has 6 heteroatoms. The van der Waals surface area contributed by atoms with Gasteiger partial charge in [0.15, 0.2) is 0 Å². The number of carbonyl (C=O) groups is 1. The molecule has 0 aliphatic carbocycles. The average Bonchev–Trinajstić information content (AvgIpc) is 2.68. The fourth-order valence-electron chi connectivity index (χ4n) is 2.53. The van der Waals surface area contributed by atoms with Crippen LogP contribution in [0.25, 0.3) is 17.2 Å². The van der Waals surface area contributed by atoms with Gasteiger partial charge in [0.25, 0.3) is 10.0 Å². The Labute approximate surface area is 157 Å². The van der Waals surface area contributed by atoms with Gasteiger partial charge in [0, 0.05) is 11.8 Å². The van der Waals surface area contributed by atoms with E-state index in [0.717, 1.165) is 17.2 Å². The van der Waals surface area contributed by atoms with Crippen molar-refractivity contribution in [1.82, 2.24) is 0 Å². The Morgan fingerprint density at radius 1 is 0.852 bits per heavy atom. The smallest absolute Gasteiger partial charge is 0.328 e. The van der Waals surface area contributed by atoms with Crippen LogP contribution in [0.1, 0.15) is 5.56 Å². The van der Waals surface area contributed by atoms with Crippen molar-refractivity contribution in [2.24, 2.45) is 0 Å². The zero-order valence-electron chi connectivity index (χ0n) is 14.2. The number of carboxylic acids is 1. The lowest BCUT2D eigenvalue weighted by molar-refractivity contribution is -0.131. The van der Waals surface area contributed by atoms with Crippen LogP contribution in [0.15, 0.2) is 89.8 Å². The number of sulfonamides is 1. The molecular weight excluding hydrogens is 362 g/mol. The molecule has 5 nitrogen and oxygen atoms in total. The summed E-state index contributed by atoms with van der Waals surface area (Å²) in [5.74, 6) is -1.10. The Morgan fingerprint density at radius 3 is 2.19 bits per heavy atom. The Balaban J connectivity index is 1.80. The standard InChI is InChI=1S/C21H17NO4S/c23-21(24)14-9-16-5-4-8-20(15-16)27(25,26)22-19-12-10-18(11-13-19)17-6-2-1-3-7-17/h1-15,22H,(H,23,24)/b14-9+. The zero-order valence-corrected chi connectivity index (χ0v) is 15.1. The highest BCUT2D eigenvalue weighted by Crippen LogP contribution is 2.23. The average molecular weight is 379 g/mol. The molecule has 0 saturated heterocycles. The molecular formula is C21H17NO4S. The third-order valence-electron chi connectivity index (χ3n) is 3.83. The number of anilines is 1. The largest absolute Gasteiger partial charge is 0.478 e. The second-order valence-corrected chi connectivity index (χ2v) is 7.48. The maximum atomic E-state index is 12.6. The number of benzene rings is 3. The Morgan fingerprint density at radius 2 is 1.52 bits per heavy atom. The van der Waals surface area contributed by atoms with E-state index in [-0.39, 0.29) is 4.90 Å². The lowest BCUT2D eigenvalue weighted by atomic mass is 10.1. The maximum Gasteiger partial charge on any atom is 0.328 e. The van der Waals surface area contributed by atoms with E-state index in [0.29, 0.717) is 11.3 Å². The van der Waals surface area contributed by atoms with E-state index in [4.69, 9.17) is 5.11 Å². The minimum absolute atomic E-state index is 0.0576. The zero-order chi connectivity index (χ0) is 19.3. The topological polar surface area (TPSA) is 83.5 Å². The monoisotopic (exact) mass is 379 g/mol. The summed E-state index contributed by atoms with van der Waals surface area (Å²) in [7, 11) is -3.78. The van der Waals surface area contributed by atoms with E-state index in [1.54, 1.807) is 24.3 Å². The Bertz CT molecular complexity index is 1070. The summed E-state index contributed by atoms with van der Waals surface area (Å²) in [6.45, 7) is 0. The minimum atomic E-state index is -3.78. The first-order valence-corrected chi connectivity index (χ1v) is 9.62. The highest BCUT2D eigenvalue weighted by Gasteiger charge is 2.14. The molecule has 27 heavy (non-hydrogen) atoms. The molecule has 3 aromatic rings. The molecule has 3 aromatic carbocycles. The van der Waals surface area contributed by atoms with Gasteiger partial charge < -0.3 is 5.11 Å². The van der Waals surface area contributed by atoms with E-state index >= 15 is 0 Å². The first kappa shape index (κ1) is 18.4. The number of hydrogen-bond acceptors (Lipinski definition) is 3. The first-order valence-electron chi connectivity index (χ1n) is 8.13. The number of aliphatic carboxylic acids is 1. The highest BCUT2D eigenvalue weighted by atomic mass is 32.2. The second-order valence-electron chi connectivity index (χ2n) is 5.79. The maximum absolute atomic E-state index is 12.6. The van der Waals surface area contributed by atoms with Crippen LogP contribution in [0.3, 0.4) is 0 Å². The van der Waals surface area contributed by atoms with Crippen LogP contribution in [-0.4, -0.2) is 19.5 Å². The highest BCUT2D eigenvalue weighted by molar-refractivity contribution is 7.92. The summed E-state index contributed by atoms with van der Waals surface area (Å²) in [6, 6.07) is 23.0. The summed E-state index contributed by atoms with van der Waals surface area (Å²) in [5.41, 5.74) is 2.96. The summed E-state index contributed by atoms with van der Waals surface area (Å²) < 4.78 is 27.7. The van der Waals surface area contributed by atoms with Crippen molar-refractivity contribution in [2.45, 2.75) is 4.90 Å². The van der Waals surface area contributed by atoms with E-state index in [2.05, 4.69) is 4.72 Å². The Kier molecular flexibility index (Phi) is 5.38. The molecule has 2 N–H and O–H groups in total. The third-order valence-corrected chi connectivity index (χ3v) is 5.21. The van der Waals surface area contributed by atoms with Gasteiger partial charge in [0.05, 0.1) is 4.90 Å². The van der Waals surface area contributed by atoms with Crippen molar-refractivity contribution >= 4 is 27.8 Å². The molecule has 0 radical (unpaired) electrons. The molecule has 0 fully saturated rings. The number of rotatable bonds is 6. The van der Waals surface area contributed by atoms with Gasteiger partial charge in [-0.1, -0.05) is 54.6 Å². The normalized spacial score (nSPS) is 11.4. The van der Waals surface area contributed by atoms with Crippen LogP contribution in [0.4, 0.5) is 5.69 Å². The fraction of sp³-hybridized carbons (Fsp3) is 0. The van der Waals surface area contributed by atoms with Gasteiger partial charge in [-0.3, -0.25) is 4.72 Å². The molecule has 0 amide bonds. The van der Waals surface area contributed by atoms with Gasteiger partial charge in [-0.05, 0) is 47.0 Å². The van der Waals surface area contributed by atoms with Gasteiger partial charge in [0.2, 0.25) is 0 Å². The van der Waals surface area contributed by atoms with Crippen molar-refractivity contribution in [3.63, 3.8) is 0 Å². The molecule has 0 atom stereocenters. The van der Waals surface area contributed by atoms with E-state index < -0.39 is 16.0 Å². The van der Waals surface area contributed by atoms with Crippen molar-refractivity contribution < 1.29 is 18.3 Å². The molecule has 0 aromatic heterocycles. The van der Waals surface area contributed by atoms with Gasteiger partial charge in [-0.25, -0.2) is 13.2 Å². The SMILES string of the molecule is O=C(O)/C=C/c1cccc(S(=O)(=O)Nc2ccc(-c3ccccc3)cc2)c1. The molecule has 0 aliphatic rings. The van der Waals surface area contributed by atoms with E-state index in [9.17, 15) is 13.2 Å². The number of carboxylic acid groups (broad SMARTS) is 1. The number of nitrogens with one attached hydrogen (secondary N) is 1. The molecule has 0 unspecified atom stereocenters. The molecule has 3 rings (SSSR count). The van der Waals surface area contributed by atoms with Crippen molar-refractivity contribution in [2.75, 3.05) is 4.72 Å². The molecule has 0 heterocycles. The van der Waals surface area contributed by atoms with Crippen LogP contribution in [0.2, 0.25) is 0 Å². The van der Waals surface area contributed by atoms with Crippen LogP contribution >= 0.6 is 0 Å². The van der Waals surface area contributed by atoms with Gasteiger partial charge >= 0.3 is 5.97 Å². The van der Waals surface area contributed by atoms with Crippen molar-refractivity contribution in [1.29, 1.82) is 0 Å². The molecule has 136 valence electrons. The summed E-state index contributed by atoms with van der Waals surface area (Å²) in [5, 5.41) is 8.69. The quantitative estimate of drug-likeness (QED) is 0.627. The van der Waals surface area contributed by atoms with Gasteiger partial charge in [0.1, 0.15) is 0 Å². The van der Waals surface area contributed by atoms with Crippen LogP contribution < -0.4 is 4.72 Å². The molecule has 0 aliphatic heterocycles. The number of hydrogen-bond donors (Lipinski definition) is 2. The second kappa shape index (κ2) is 7.88. The molecule has 0 spiro atoms. The summed E-state index contributed by atoms with van der Waals surface area (Å²) in [4.78, 5) is 10.7.